The van der Waals surface area contributed by atoms with E-state index in [2.05, 4.69) is 9.97 Å². The van der Waals surface area contributed by atoms with Gasteiger partial charge in [-0.25, -0.2) is 13.4 Å². The van der Waals surface area contributed by atoms with Gasteiger partial charge in [-0.1, -0.05) is 18.5 Å². The molecule has 0 bridgehead atoms. The average Bonchev–Trinajstić information content (AvgIpc) is 2.80. The number of likely N-dealkylation sites (N-methyl/N-ethyl adjacent to an activating group) is 1. The van der Waals surface area contributed by atoms with Crippen LogP contribution in [0.15, 0.2) is 47.8 Å². The fourth-order valence-corrected chi connectivity index (χ4v) is 5.04. The van der Waals surface area contributed by atoms with Crippen molar-refractivity contribution in [2.45, 2.75) is 30.9 Å². The first-order valence-electron chi connectivity index (χ1n) is 10.0. The molecular weight excluding hydrogens is 456 g/mol. The molecule has 32 heavy (non-hydrogen) atoms. The van der Waals surface area contributed by atoms with Crippen molar-refractivity contribution >= 4 is 27.5 Å². The first kappa shape index (κ1) is 26.1. The number of aliphatic hydroxyl groups is 1. The Morgan fingerprint density at radius 2 is 1.84 bits per heavy atom. The predicted octanol–water partition coefficient (Wildman–Crippen LogP) is 1.92. The van der Waals surface area contributed by atoms with Crippen LogP contribution in [0.25, 0.3) is 0 Å². The number of sulfonamides is 1. The van der Waals surface area contributed by atoms with Gasteiger partial charge in [0, 0.05) is 50.7 Å². The number of hydrogen-bond acceptors (Lipinski definition) is 7. The lowest BCUT2D eigenvalue weighted by molar-refractivity contribution is 0.0219. The first-order valence-corrected chi connectivity index (χ1v) is 11.9. The molecule has 9 nitrogen and oxygen atoms in total. The largest absolute Gasteiger partial charge is 0.395 e. The number of hydrogen-bond donors (Lipinski definition) is 1. The van der Waals surface area contributed by atoms with Crippen LogP contribution in [-0.4, -0.2) is 84.6 Å². The number of nitrogens with zero attached hydrogens (tertiary/aromatic N) is 4. The minimum Gasteiger partial charge on any atom is -0.395 e. The van der Waals surface area contributed by atoms with E-state index in [1.54, 1.807) is 14.0 Å². The maximum atomic E-state index is 13.3. The molecule has 1 amide bonds. The van der Waals surface area contributed by atoms with E-state index < -0.39 is 22.2 Å². The van der Waals surface area contributed by atoms with Gasteiger partial charge in [0.05, 0.1) is 23.8 Å². The fourth-order valence-electron chi connectivity index (χ4n) is 3.19. The fraction of sp³-hybridized carbons (Fsp3) is 0.476. The van der Waals surface area contributed by atoms with E-state index >= 15 is 0 Å². The Balaban J connectivity index is 2.19. The van der Waals surface area contributed by atoms with E-state index in [1.807, 2.05) is 6.92 Å². The smallest absolute Gasteiger partial charge is 0.273 e. The summed E-state index contributed by atoms with van der Waals surface area (Å²) in [5.74, 6) is -0.616. The zero-order valence-corrected chi connectivity index (χ0v) is 20.1. The summed E-state index contributed by atoms with van der Waals surface area (Å²) in [5, 5.41) is 10.1. The van der Waals surface area contributed by atoms with E-state index in [0.29, 0.717) is 5.02 Å². The van der Waals surface area contributed by atoms with Crippen molar-refractivity contribution in [1.29, 1.82) is 0 Å². The highest BCUT2D eigenvalue weighted by molar-refractivity contribution is 7.89. The van der Waals surface area contributed by atoms with Crippen molar-refractivity contribution in [2.24, 2.45) is 5.92 Å². The van der Waals surface area contributed by atoms with Crippen LogP contribution < -0.4 is 0 Å². The number of aliphatic hydroxyl groups excluding tert-OH is 1. The molecule has 0 spiro atoms. The number of carbonyl (C=O) groups is 1. The molecule has 0 aliphatic rings. The zero-order chi connectivity index (χ0) is 23.9. The maximum Gasteiger partial charge on any atom is 0.273 e. The van der Waals surface area contributed by atoms with E-state index in [-0.39, 0.29) is 42.1 Å². The third kappa shape index (κ3) is 6.46. The van der Waals surface area contributed by atoms with Crippen molar-refractivity contribution in [2.75, 3.05) is 33.9 Å². The number of rotatable bonds is 11. The molecule has 1 aromatic heterocycles. The number of ether oxygens (including phenoxy) is 1. The Hall–Kier alpha value is -2.11. The van der Waals surface area contributed by atoms with Crippen molar-refractivity contribution in [1.82, 2.24) is 19.2 Å². The molecule has 0 saturated carbocycles. The highest BCUT2D eigenvalue weighted by Crippen LogP contribution is 2.23. The van der Waals surface area contributed by atoms with Crippen LogP contribution in [0.3, 0.4) is 0 Å². The van der Waals surface area contributed by atoms with Crippen molar-refractivity contribution < 1.29 is 23.1 Å². The van der Waals surface area contributed by atoms with Crippen LogP contribution >= 0.6 is 11.6 Å². The molecule has 11 heteroatoms. The molecule has 0 saturated heterocycles. The summed E-state index contributed by atoms with van der Waals surface area (Å²) in [6, 6.07) is 5.21. The number of carbonyl (C=O) groups excluding carboxylic acids is 1. The highest BCUT2D eigenvalue weighted by atomic mass is 35.5. The molecule has 2 rings (SSSR count). The number of benzene rings is 1. The molecule has 0 aliphatic heterocycles. The van der Waals surface area contributed by atoms with Gasteiger partial charge in [0.2, 0.25) is 10.0 Å². The topological polar surface area (TPSA) is 113 Å². The molecule has 0 aliphatic carbocycles. The van der Waals surface area contributed by atoms with E-state index in [9.17, 15) is 18.3 Å². The second kappa shape index (κ2) is 11.7. The third-order valence-electron chi connectivity index (χ3n) is 5.16. The molecule has 0 unspecified atom stereocenters. The molecular formula is C21H29ClN4O5S. The van der Waals surface area contributed by atoms with Gasteiger partial charge in [0.25, 0.3) is 5.91 Å². The Labute approximate surface area is 194 Å². The number of methoxy groups -OCH3 is 1. The Morgan fingerprint density at radius 3 is 2.38 bits per heavy atom. The summed E-state index contributed by atoms with van der Waals surface area (Å²) < 4.78 is 33.3. The summed E-state index contributed by atoms with van der Waals surface area (Å²) in [5.41, 5.74) is 0.207. The number of amides is 1. The van der Waals surface area contributed by atoms with Gasteiger partial charge in [-0.3, -0.25) is 9.78 Å². The molecule has 0 radical (unpaired) electrons. The Morgan fingerprint density at radius 1 is 1.19 bits per heavy atom. The second-order valence-corrected chi connectivity index (χ2v) is 9.91. The van der Waals surface area contributed by atoms with Crippen molar-refractivity contribution in [3.8, 4) is 0 Å². The lowest BCUT2D eigenvalue weighted by atomic mass is 10.0. The van der Waals surface area contributed by atoms with Crippen LogP contribution in [0.1, 0.15) is 24.3 Å². The zero-order valence-electron chi connectivity index (χ0n) is 18.6. The van der Waals surface area contributed by atoms with Crippen molar-refractivity contribution in [3.63, 3.8) is 0 Å². The molecule has 3 atom stereocenters. The quantitative estimate of drug-likeness (QED) is 0.518. The first-order chi connectivity index (χ1) is 15.1. The average molecular weight is 485 g/mol. The highest BCUT2D eigenvalue weighted by Gasteiger charge is 2.33. The second-order valence-electron chi connectivity index (χ2n) is 7.59. The van der Waals surface area contributed by atoms with Gasteiger partial charge >= 0.3 is 0 Å². The third-order valence-corrected chi connectivity index (χ3v) is 7.41. The van der Waals surface area contributed by atoms with Gasteiger partial charge in [-0.2, -0.15) is 4.31 Å². The summed E-state index contributed by atoms with van der Waals surface area (Å²) in [7, 11) is -0.765. The van der Waals surface area contributed by atoms with Gasteiger partial charge in [0.1, 0.15) is 5.69 Å². The number of halogens is 1. The van der Waals surface area contributed by atoms with E-state index in [4.69, 9.17) is 16.3 Å². The van der Waals surface area contributed by atoms with Gasteiger partial charge in [-0.15, -0.1) is 0 Å². The lowest BCUT2D eigenvalue weighted by Crippen LogP contribution is -2.47. The van der Waals surface area contributed by atoms with Gasteiger partial charge in [0.15, 0.2) is 0 Å². The summed E-state index contributed by atoms with van der Waals surface area (Å²) in [6.07, 6.45) is 3.84. The molecule has 1 heterocycles. The monoisotopic (exact) mass is 484 g/mol. The lowest BCUT2D eigenvalue weighted by Gasteiger charge is -2.33. The van der Waals surface area contributed by atoms with Crippen LogP contribution in [0.2, 0.25) is 5.02 Å². The Bertz CT molecular complexity index is 975. The summed E-state index contributed by atoms with van der Waals surface area (Å²) in [6.45, 7) is 3.42. The maximum absolute atomic E-state index is 13.3. The molecule has 0 fully saturated rings. The predicted molar refractivity (Wildman–Crippen MR) is 121 cm³/mol. The number of aromatic nitrogens is 2. The van der Waals surface area contributed by atoms with Crippen LogP contribution in [0, 0.1) is 5.92 Å². The van der Waals surface area contributed by atoms with Gasteiger partial charge < -0.3 is 14.7 Å². The summed E-state index contributed by atoms with van der Waals surface area (Å²) in [4.78, 5) is 22.0. The molecule has 1 N–H and O–H groups in total. The standard InChI is InChI=1S/C21H29ClN4O5S/c1-15(20(31-4)13-25(3)21(28)19-11-23-9-10-24-19)12-26(16(2)14-27)32(29,30)18-7-5-17(22)6-8-18/h5-11,15-16,20,27H,12-14H2,1-4H3/t15-,16+,20-/m1/s1. The Kier molecular flexibility index (Phi) is 9.53. The minimum atomic E-state index is -3.89. The van der Waals surface area contributed by atoms with E-state index in [0.717, 1.165) is 0 Å². The molecule has 176 valence electrons. The molecule has 2 aromatic rings. The normalized spacial score (nSPS) is 14.7. The molecule has 1 aromatic carbocycles. The SMILES string of the molecule is CO[C@H](CN(C)C(=O)c1cnccn1)[C@H](C)CN([C@@H](C)CO)S(=O)(=O)c1ccc(Cl)cc1. The van der Waals surface area contributed by atoms with Crippen LogP contribution in [0.4, 0.5) is 0 Å². The van der Waals surface area contributed by atoms with Gasteiger partial charge in [-0.05, 0) is 37.1 Å². The van der Waals surface area contributed by atoms with Crippen LogP contribution in [0.5, 0.6) is 0 Å². The van der Waals surface area contributed by atoms with E-state index in [1.165, 1.54) is 59.2 Å². The van der Waals surface area contributed by atoms with Crippen molar-refractivity contribution in [3.05, 3.63) is 53.6 Å². The summed E-state index contributed by atoms with van der Waals surface area (Å²) >= 11 is 5.89. The minimum absolute atomic E-state index is 0.0817. The van der Waals surface area contributed by atoms with Crippen LogP contribution in [-0.2, 0) is 14.8 Å².